The van der Waals surface area contributed by atoms with Crippen molar-refractivity contribution >= 4 is 11.9 Å². The van der Waals surface area contributed by atoms with E-state index in [2.05, 4.69) is 6.08 Å². The molecule has 1 aliphatic carbocycles. The normalized spacial score (nSPS) is 34.3. The summed E-state index contributed by atoms with van der Waals surface area (Å²) in [5.41, 5.74) is 1.88. The van der Waals surface area contributed by atoms with Crippen molar-refractivity contribution in [3.63, 3.8) is 0 Å². The monoisotopic (exact) mass is 230 g/mol. The first-order chi connectivity index (χ1) is 8.17. The third kappa shape index (κ3) is 1.76. The highest BCUT2D eigenvalue weighted by Gasteiger charge is 2.44. The lowest BCUT2D eigenvalue weighted by molar-refractivity contribution is -0.117. The van der Waals surface area contributed by atoms with Gasteiger partial charge < -0.3 is 9.15 Å². The SMILES string of the molecule is C[C@]12C=CC(=O)C[C@H]1/C(=C\c1ccoc1)CO2. The highest BCUT2D eigenvalue weighted by molar-refractivity contribution is 5.91. The summed E-state index contributed by atoms with van der Waals surface area (Å²) in [4.78, 5) is 11.5. The van der Waals surface area contributed by atoms with Crippen molar-refractivity contribution < 1.29 is 13.9 Å². The summed E-state index contributed by atoms with van der Waals surface area (Å²) >= 11 is 0. The second kappa shape index (κ2) is 3.70. The molecule has 88 valence electrons. The van der Waals surface area contributed by atoms with Crippen LogP contribution in [0.15, 0.2) is 40.7 Å². The predicted molar refractivity (Wildman–Crippen MR) is 63.3 cm³/mol. The van der Waals surface area contributed by atoms with E-state index in [0.717, 1.165) is 5.56 Å². The van der Waals surface area contributed by atoms with E-state index in [-0.39, 0.29) is 17.3 Å². The molecule has 17 heavy (non-hydrogen) atoms. The molecular formula is C14H14O3. The van der Waals surface area contributed by atoms with Crippen molar-refractivity contribution in [2.24, 2.45) is 5.92 Å². The maximum Gasteiger partial charge on any atom is 0.156 e. The van der Waals surface area contributed by atoms with Crippen LogP contribution in [0.25, 0.3) is 6.08 Å². The molecule has 2 heterocycles. The molecule has 1 fully saturated rings. The number of carbonyl (C=O) groups excluding carboxylic acids is 1. The Kier molecular flexibility index (Phi) is 2.30. The Morgan fingerprint density at radius 1 is 1.53 bits per heavy atom. The number of ether oxygens (including phenoxy) is 1. The van der Waals surface area contributed by atoms with Crippen LogP contribution in [0.2, 0.25) is 0 Å². The van der Waals surface area contributed by atoms with E-state index in [9.17, 15) is 4.79 Å². The van der Waals surface area contributed by atoms with Gasteiger partial charge in [-0.2, -0.15) is 0 Å². The van der Waals surface area contributed by atoms with Crippen LogP contribution in [0, 0.1) is 5.92 Å². The molecule has 0 aromatic carbocycles. The third-order valence-electron chi connectivity index (χ3n) is 3.59. The number of allylic oxidation sites excluding steroid dienone is 1. The zero-order valence-electron chi connectivity index (χ0n) is 9.68. The molecule has 3 nitrogen and oxygen atoms in total. The van der Waals surface area contributed by atoms with Crippen LogP contribution in [0.4, 0.5) is 0 Å². The van der Waals surface area contributed by atoms with Crippen molar-refractivity contribution in [2.45, 2.75) is 18.9 Å². The molecule has 1 aromatic rings. The van der Waals surface area contributed by atoms with Crippen LogP contribution in [0.5, 0.6) is 0 Å². The number of hydrogen-bond acceptors (Lipinski definition) is 3. The van der Waals surface area contributed by atoms with Gasteiger partial charge in [-0.25, -0.2) is 0 Å². The first-order valence-corrected chi connectivity index (χ1v) is 5.76. The molecule has 2 atom stereocenters. The Bertz CT molecular complexity index is 496. The lowest BCUT2D eigenvalue weighted by Gasteiger charge is -2.29. The Morgan fingerprint density at radius 3 is 3.18 bits per heavy atom. The first-order valence-electron chi connectivity index (χ1n) is 5.76. The van der Waals surface area contributed by atoms with Gasteiger partial charge in [0.1, 0.15) is 0 Å². The maximum atomic E-state index is 11.5. The summed E-state index contributed by atoms with van der Waals surface area (Å²) in [5, 5.41) is 0. The van der Waals surface area contributed by atoms with Crippen molar-refractivity contribution in [1.82, 2.24) is 0 Å². The summed E-state index contributed by atoms with van der Waals surface area (Å²) in [6.07, 6.45) is 9.47. The van der Waals surface area contributed by atoms with Crippen molar-refractivity contribution in [2.75, 3.05) is 6.61 Å². The zero-order chi connectivity index (χ0) is 11.9. The molecule has 1 aromatic heterocycles. The summed E-state index contributed by atoms with van der Waals surface area (Å²) in [6, 6.07) is 1.91. The van der Waals surface area contributed by atoms with Gasteiger partial charge in [0.2, 0.25) is 0 Å². The van der Waals surface area contributed by atoms with Crippen molar-refractivity contribution in [3.8, 4) is 0 Å². The van der Waals surface area contributed by atoms with Crippen LogP contribution < -0.4 is 0 Å². The Labute approximate surface area is 99.8 Å². The lowest BCUT2D eigenvalue weighted by atomic mass is 9.78. The van der Waals surface area contributed by atoms with Gasteiger partial charge >= 0.3 is 0 Å². The molecule has 0 spiro atoms. The number of ketones is 1. The number of hydrogen-bond donors (Lipinski definition) is 0. The molecule has 0 bridgehead atoms. The number of fused-ring (bicyclic) bond motifs is 1. The minimum atomic E-state index is -0.316. The fourth-order valence-corrected chi connectivity index (χ4v) is 2.55. The van der Waals surface area contributed by atoms with E-state index >= 15 is 0 Å². The molecule has 3 rings (SSSR count). The molecule has 0 amide bonds. The standard InChI is InChI=1S/C14H14O3/c1-14-4-2-12(15)7-13(14)11(9-17-14)6-10-3-5-16-8-10/h2-6,8,13H,7,9H2,1H3/b11-6-/t13-,14-/m0/s1. The van der Waals surface area contributed by atoms with Crippen molar-refractivity contribution in [1.29, 1.82) is 0 Å². The van der Waals surface area contributed by atoms with E-state index in [0.29, 0.717) is 13.0 Å². The minimum Gasteiger partial charge on any atom is -0.472 e. The average molecular weight is 230 g/mol. The maximum absolute atomic E-state index is 11.5. The molecule has 1 saturated heterocycles. The van der Waals surface area contributed by atoms with E-state index < -0.39 is 0 Å². The Morgan fingerprint density at radius 2 is 2.41 bits per heavy atom. The van der Waals surface area contributed by atoms with Crippen LogP contribution in [0.3, 0.4) is 0 Å². The molecular weight excluding hydrogens is 216 g/mol. The number of rotatable bonds is 1. The number of furan rings is 1. The van der Waals surface area contributed by atoms with Gasteiger partial charge in [-0.1, -0.05) is 0 Å². The number of carbonyl (C=O) groups is 1. The fourth-order valence-electron chi connectivity index (χ4n) is 2.55. The van der Waals surface area contributed by atoms with E-state index in [4.69, 9.17) is 9.15 Å². The average Bonchev–Trinajstić information content (AvgIpc) is 2.90. The summed E-state index contributed by atoms with van der Waals surface area (Å²) in [7, 11) is 0. The lowest BCUT2D eigenvalue weighted by Crippen LogP contribution is -2.34. The molecule has 0 N–H and O–H groups in total. The summed E-state index contributed by atoms with van der Waals surface area (Å²) in [6.45, 7) is 2.63. The van der Waals surface area contributed by atoms with Crippen LogP contribution in [-0.4, -0.2) is 18.0 Å². The van der Waals surface area contributed by atoms with Gasteiger partial charge in [0, 0.05) is 17.9 Å². The van der Waals surface area contributed by atoms with Gasteiger partial charge in [0.05, 0.1) is 24.7 Å². The predicted octanol–water partition coefficient (Wildman–Crippen LogP) is 2.60. The van der Waals surface area contributed by atoms with Gasteiger partial charge in [-0.3, -0.25) is 4.79 Å². The fraction of sp³-hybridized carbons (Fsp3) is 0.357. The second-order valence-corrected chi connectivity index (χ2v) is 4.80. The highest BCUT2D eigenvalue weighted by atomic mass is 16.5. The van der Waals surface area contributed by atoms with Crippen molar-refractivity contribution in [3.05, 3.63) is 41.9 Å². The Balaban J connectivity index is 1.95. The van der Waals surface area contributed by atoms with E-state index in [1.165, 1.54) is 5.57 Å². The van der Waals surface area contributed by atoms with Gasteiger partial charge in [-0.15, -0.1) is 0 Å². The molecule has 2 aliphatic rings. The van der Waals surface area contributed by atoms with Gasteiger partial charge in [0.25, 0.3) is 0 Å². The van der Waals surface area contributed by atoms with E-state index in [1.807, 2.05) is 19.1 Å². The Hall–Kier alpha value is -1.61. The third-order valence-corrected chi connectivity index (χ3v) is 3.59. The molecule has 3 heteroatoms. The largest absolute Gasteiger partial charge is 0.472 e. The van der Waals surface area contributed by atoms with Crippen LogP contribution in [0.1, 0.15) is 18.9 Å². The first kappa shape index (κ1) is 10.5. The van der Waals surface area contributed by atoms with Crippen LogP contribution in [-0.2, 0) is 9.53 Å². The molecule has 0 radical (unpaired) electrons. The summed E-state index contributed by atoms with van der Waals surface area (Å²) < 4.78 is 10.9. The van der Waals surface area contributed by atoms with Gasteiger partial charge in [-0.05, 0) is 36.8 Å². The highest BCUT2D eigenvalue weighted by Crippen LogP contribution is 2.42. The topological polar surface area (TPSA) is 39.4 Å². The summed E-state index contributed by atoms with van der Waals surface area (Å²) in [5.74, 6) is 0.339. The van der Waals surface area contributed by atoms with Crippen LogP contribution >= 0.6 is 0 Å². The quantitative estimate of drug-likeness (QED) is 0.744. The van der Waals surface area contributed by atoms with E-state index in [1.54, 1.807) is 18.6 Å². The minimum absolute atomic E-state index is 0.162. The van der Waals surface area contributed by atoms with Gasteiger partial charge in [0.15, 0.2) is 5.78 Å². The zero-order valence-corrected chi connectivity index (χ0v) is 9.68. The molecule has 1 aliphatic heterocycles. The molecule has 0 unspecified atom stereocenters. The smallest absolute Gasteiger partial charge is 0.156 e. The molecule has 0 saturated carbocycles. The second-order valence-electron chi connectivity index (χ2n) is 4.80.